The quantitative estimate of drug-likeness (QED) is 0.521. The first-order valence-corrected chi connectivity index (χ1v) is 8.52. The largest absolute Gasteiger partial charge is 0.480 e. The van der Waals surface area contributed by atoms with E-state index in [1.165, 1.54) is 64.2 Å². The van der Waals surface area contributed by atoms with Crippen LogP contribution in [0.5, 0.6) is 0 Å². The number of carboxylic acids is 1. The molecule has 0 radical (unpaired) electrons. The molecular weight excluding hydrogens is 264 g/mol. The van der Waals surface area contributed by atoms with Gasteiger partial charge in [0.05, 0.1) is 6.54 Å². The second-order valence-corrected chi connectivity index (χ2v) is 6.15. The molecular formula is C17H32N2O2. The van der Waals surface area contributed by atoms with Crippen LogP contribution in [0.1, 0.15) is 64.2 Å². The third-order valence-corrected chi connectivity index (χ3v) is 4.25. The summed E-state index contributed by atoms with van der Waals surface area (Å²) in [6.07, 6.45) is 16.2. The third-order valence-electron chi connectivity index (χ3n) is 4.25. The zero-order valence-corrected chi connectivity index (χ0v) is 13.3. The maximum Gasteiger partial charge on any atom is 0.317 e. The van der Waals surface area contributed by atoms with Gasteiger partial charge in [0.25, 0.3) is 0 Å². The molecule has 122 valence electrons. The summed E-state index contributed by atoms with van der Waals surface area (Å²) in [7, 11) is 0. The van der Waals surface area contributed by atoms with E-state index < -0.39 is 5.97 Å². The summed E-state index contributed by atoms with van der Waals surface area (Å²) in [6, 6.07) is 1.74. The van der Waals surface area contributed by atoms with Crippen molar-refractivity contribution < 1.29 is 9.90 Å². The minimum atomic E-state index is -0.841. The lowest BCUT2D eigenvalue weighted by atomic mass is 9.91. The van der Waals surface area contributed by atoms with Crippen LogP contribution in [0, 0.1) is 0 Å². The fraction of sp³-hybridized carbons (Fsp3) is 0.824. The van der Waals surface area contributed by atoms with Crippen LogP contribution in [0.25, 0.3) is 0 Å². The number of hydrogen-bond donors (Lipinski definition) is 3. The highest BCUT2D eigenvalue weighted by molar-refractivity contribution is 5.68. The van der Waals surface area contributed by atoms with E-state index in [0.717, 1.165) is 12.1 Å². The average Bonchev–Trinajstić information content (AvgIpc) is 2.50. The smallest absolute Gasteiger partial charge is 0.317 e. The molecule has 21 heavy (non-hydrogen) atoms. The summed E-state index contributed by atoms with van der Waals surface area (Å²) in [5.41, 5.74) is 0. The number of nitrogens with one attached hydrogen (secondary N) is 2. The number of hydrogen-bond acceptors (Lipinski definition) is 3. The Morgan fingerprint density at radius 2 is 1.48 bits per heavy atom. The average molecular weight is 296 g/mol. The van der Waals surface area contributed by atoms with Crippen molar-refractivity contribution in [2.45, 2.75) is 76.3 Å². The Kier molecular flexibility index (Phi) is 10.2. The topological polar surface area (TPSA) is 61.4 Å². The first-order valence-electron chi connectivity index (χ1n) is 8.52. The molecule has 0 bridgehead atoms. The molecule has 2 aliphatic carbocycles. The van der Waals surface area contributed by atoms with Crippen LogP contribution in [-0.4, -0.2) is 36.2 Å². The molecule has 4 heteroatoms. The molecule has 0 aromatic rings. The lowest BCUT2D eigenvalue weighted by molar-refractivity contribution is -0.135. The molecule has 0 saturated heterocycles. The van der Waals surface area contributed by atoms with Crippen molar-refractivity contribution in [3.05, 3.63) is 12.7 Å². The lowest BCUT2D eigenvalue weighted by Gasteiger charge is -2.30. The molecule has 0 atom stereocenters. The van der Waals surface area contributed by atoms with Gasteiger partial charge in [-0.15, -0.1) is 6.58 Å². The van der Waals surface area contributed by atoms with Crippen LogP contribution in [0.2, 0.25) is 0 Å². The van der Waals surface area contributed by atoms with E-state index in [2.05, 4.69) is 17.2 Å². The molecule has 0 aromatic heterocycles. The molecule has 0 spiro atoms. The number of carbonyl (C=O) groups is 1. The summed E-state index contributed by atoms with van der Waals surface area (Å²) in [4.78, 5) is 9.78. The Morgan fingerprint density at radius 1 is 1.00 bits per heavy atom. The van der Waals surface area contributed by atoms with E-state index in [0.29, 0.717) is 6.54 Å². The van der Waals surface area contributed by atoms with Crippen LogP contribution < -0.4 is 10.6 Å². The van der Waals surface area contributed by atoms with Gasteiger partial charge in [0.15, 0.2) is 0 Å². The van der Waals surface area contributed by atoms with Gasteiger partial charge < -0.3 is 15.7 Å². The molecule has 2 fully saturated rings. The summed E-state index contributed by atoms with van der Waals surface area (Å²) in [6.45, 7) is 3.96. The fourth-order valence-electron chi connectivity index (χ4n) is 3.15. The van der Waals surface area contributed by atoms with Crippen molar-refractivity contribution in [3.63, 3.8) is 0 Å². The van der Waals surface area contributed by atoms with E-state index >= 15 is 0 Å². The van der Waals surface area contributed by atoms with Gasteiger partial charge in [-0.3, -0.25) is 4.79 Å². The van der Waals surface area contributed by atoms with Crippen LogP contribution in [0.3, 0.4) is 0 Å². The van der Waals surface area contributed by atoms with E-state index in [1.807, 2.05) is 0 Å². The standard InChI is InChI=1S/C12H23N.C5H9NO2/c1-3-7-11(8-4-1)13-12-9-5-2-6-10-12;1-2-3-6-4-5(7)8/h11-13H,1-10H2;2,6H,1,3-4H2,(H,7,8). The minimum Gasteiger partial charge on any atom is -0.480 e. The molecule has 0 aliphatic heterocycles. The zero-order chi connectivity index (χ0) is 15.3. The lowest BCUT2D eigenvalue weighted by Crippen LogP contribution is -2.40. The van der Waals surface area contributed by atoms with Crippen molar-refractivity contribution in [1.29, 1.82) is 0 Å². The van der Waals surface area contributed by atoms with Crippen LogP contribution in [0.15, 0.2) is 12.7 Å². The molecule has 0 unspecified atom stereocenters. The molecule has 2 saturated carbocycles. The molecule has 2 rings (SSSR count). The third kappa shape index (κ3) is 9.64. The highest BCUT2D eigenvalue weighted by Gasteiger charge is 2.19. The van der Waals surface area contributed by atoms with Gasteiger partial charge in [-0.1, -0.05) is 44.6 Å². The summed E-state index contributed by atoms with van der Waals surface area (Å²) < 4.78 is 0. The highest BCUT2D eigenvalue weighted by atomic mass is 16.4. The van der Waals surface area contributed by atoms with Crippen molar-refractivity contribution in [2.24, 2.45) is 0 Å². The SMILES string of the molecule is C1CCC(NC2CCCCC2)CC1.C=CCNCC(=O)O. The predicted octanol–water partition coefficient (Wildman–Crippen LogP) is 3.09. The first-order chi connectivity index (χ1) is 10.2. The van der Waals surface area contributed by atoms with Gasteiger partial charge in [-0.2, -0.15) is 0 Å². The Hall–Kier alpha value is -0.870. The molecule has 0 heterocycles. The first kappa shape index (κ1) is 18.2. The summed E-state index contributed by atoms with van der Waals surface area (Å²) in [5.74, 6) is -0.841. The van der Waals surface area contributed by atoms with Crippen LogP contribution >= 0.6 is 0 Å². The van der Waals surface area contributed by atoms with Crippen molar-refractivity contribution in [1.82, 2.24) is 10.6 Å². The Bertz CT molecular complexity index is 267. The van der Waals surface area contributed by atoms with E-state index in [4.69, 9.17) is 5.11 Å². The summed E-state index contributed by atoms with van der Waals surface area (Å²) >= 11 is 0. The van der Waals surface area contributed by atoms with Crippen LogP contribution in [-0.2, 0) is 4.79 Å². The van der Waals surface area contributed by atoms with Crippen molar-refractivity contribution in [2.75, 3.05) is 13.1 Å². The van der Waals surface area contributed by atoms with E-state index in [-0.39, 0.29) is 6.54 Å². The normalized spacial score (nSPS) is 20.4. The van der Waals surface area contributed by atoms with E-state index in [1.54, 1.807) is 6.08 Å². The second kappa shape index (κ2) is 11.8. The van der Waals surface area contributed by atoms with Crippen LogP contribution in [0.4, 0.5) is 0 Å². The molecule has 4 nitrogen and oxygen atoms in total. The Labute approximate surface area is 129 Å². The maximum atomic E-state index is 9.78. The fourth-order valence-corrected chi connectivity index (χ4v) is 3.15. The van der Waals surface area contributed by atoms with Crippen molar-refractivity contribution >= 4 is 5.97 Å². The summed E-state index contributed by atoms with van der Waals surface area (Å²) in [5, 5.41) is 14.5. The molecule has 2 aliphatic rings. The Morgan fingerprint density at radius 3 is 1.86 bits per heavy atom. The molecule has 0 aromatic carbocycles. The molecule has 0 amide bonds. The van der Waals surface area contributed by atoms with Gasteiger partial charge in [-0.25, -0.2) is 0 Å². The number of aliphatic carboxylic acids is 1. The van der Waals surface area contributed by atoms with Crippen molar-refractivity contribution in [3.8, 4) is 0 Å². The highest BCUT2D eigenvalue weighted by Crippen LogP contribution is 2.22. The van der Waals surface area contributed by atoms with Gasteiger partial charge in [0, 0.05) is 18.6 Å². The number of rotatable bonds is 6. The van der Waals surface area contributed by atoms with Gasteiger partial charge in [-0.05, 0) is 25.7 Å². The van der Waals surface area contributed by atoms with Gasteiger partial charge in [0.1, 0.15) is 0 Å². The zero-order valence-electron chi connectivity index (χ0n) is 13.3. The predicted molar refractivity (Wildman–Crippen MR) is 87.6 cm³/mol. The maximum absolute atomic E-state index is 9.78. The Balaban J connectivity index is 0.000000240. The molecule has 3 N–H and O–H groups in total. The van der Waals surface area contributed by atoms with Gasteiger partial charge >= 0.3 is 5.97 Å². The number of carboxylic acid groups (broad SMARTS) is 1. The van der Waals surface area contributed by atoms with Gasteiger partial charge in [0.2, 0.25) is 0 Å². The minimum absolute atomic E-state index is 0.00597. The van der Waals surface area contributed by atoms with E-state index in [9.17, 15) is 4.79 Å². The second-order valence-electron chi connectivity index (χ2n) is 6.15. The monoisotopic (exact) mass is 296 g/mol.